The third-order valence-electron chi connectivity index (χ3n) is 4.20. The number of benzene rings is 2. The van der Waals surface area contributed by atoms with Gasteiger partial charge in [0.1, 0.15) is 5.69 Å². The fraction of sp³-hybridized carbons (Fsp3) is 0.238. The molecule has 0 radical (unpaired) electrons. The van der Waals surface area contributed by atoms with Crippen molar-refractivity contribution < 1.29 is 9.69 Å². The Kier molecular flexibility index (Phi) is 5.49. The van der Waals surface area contributed by atoms with E-state index in [-0.39, 0.29) is 5.91 Å². The zero-order chi connectivity index (χ0) is 18.5. The Bertz CT molecular complexity index is 867. The molecule has 0 spiro atoms. The Hall–Kier alpha value is -2.92. The molecule has 134 valence electrons. The van der Waals surface area contributed by atoms with Crippen molar-refractivity contribution >= 4 is 5.91 Å². The SMILES string of the molecule is Cc1ccc(-n2nc(-c3ccccc3)cc2C(=O)NCC[NH+](C)C)cc1. The van der Waals surface area contributed by atoms with Crippen LogP contribution in [0.2, 0.25) is 0 Å². The third kappa shape index (κ3) is 4.18. The second-order valence-corrected chi connectivity index (χ2v) is 6.74. The second kappa shape index (κ2) is 7.97. The summed E-state index contributed by atoms with van der Waals surface area (Å²) in [7, 11) is 4.13. The first-order chi connectivity index (χ1) is 12.5. The number of rotatable bonds is 6. The number of likely N-dealkylation sites (N-methyl/N-ethyl adjacent to an activating group) is 1. The molecule has 5 heteroatoms. The van der Waals surface area contributed by atoms with Gasteiger partial charge in [-0.2, -0.15) is 5.10 Å². The molecule has 0 aliphatic heterocycles. The summed E-state index contributed by atoms with van der Waals surface area (Å²) in [5, 5.41) is 7.69. The van der Waals surface area contributed by atoms with E-state index in [1.807, 2.05) is 67.6 Å². The first kappa shape index (κ1) is 17.9. The maximum Gasteiger partial charge on any atom is 0.270 e. The highest BCUT2D eigenvalue weighted by Crippen LogP contribution is 2.21. The molecule has 0 bridgehead atoms. The van der Waals surface area contributed by atoms with E-state index in [4.69, 9.17) is 5.10 Å². The van der Waals surface area contributed by atoms with Crippen LogP contribution in [0.25, 0.3) is 16.9 Å². The van der Waals surface area contributed by atoms with Gasteiger partial charge in [0.2, 0.25) is 0 Å². The van der Waals surface area contributed by atoms with Crippen molar-refractivity contribution in [1.29, 1.82) is 0 Å². The first-order valence-electron chi connectivity index (χ1n) is 8.84. The van der Waals surface area contributed by atoms with Gasteiger partial charge in [0.05, 0.1) is 38.6 Å². The highest BCUT2D eigenvalue weighted by Gasteiger charge is 2.17. The van der Waals surface area contributed by atoms with Gasteiger partial charge >= 0.3 is 0 Å². The molecule has 1 amide bonds. The number of carbonyl (C=O) groups is 1. The normalized spacial score (nSPS) is 10.9. The number of hydrogen-bond acceptors (Lipinski definition) is 2. The van der Waals surface area contributed by atoms with Crippen LogP contribution in [0.5, 0.6) is 0 Å². The van der Waals surface area contributed by atoms with Crippen molar-refractivity contribution in [3.63, 3.8) is 0 Å². The van der Waals surface area contributed by atoms with E-state index in [0.717, 1.165) is 23.5 Å². The fourth-order valence-corrected chi connectivity index (χ4v) is 2.69. The molecule has 1 heterocycles. The molecule has 0 fully saturated rings. The zero-order valence-corrected chi connectivity index (χ0v) is 15.5. The van der Waals surface area contributed by atoms with Crippen LogP contribution in [0.15, 0.2) is 60.7 Å². The van der Waals surface area contributed by atoms with E-state index in [2.05, 4.69) is 19.4 Å². The van der Waals surface area contributed by atoms with Crippen LogP contribution >= 0.6 is 0 Å². The lowest BCUT2D eigenvalue weighted by molar-refractivity contribution is -0.856. The molecule has 0 atom stereocenters. The Labute approximate surface area is 154 Å². The molecule has 0 saturated heterocycles. The van der Waals surface area contributed by atoms with E-state index in [9.17, 15) is 4.79 Å². The predicted molar refractivity (Wildman–Crippen MR) is 104 cm³/mol. The Morgan fingerprint density at radius 2 is 1.77 bits per heavy atom. The minimum atomic E-state index is -0.110. The Morgan fingerprint density at radius 1 is 1.08 bits per heavy atom. The summed E-state index contributed by atoms with van der Waals surface area (Å²) in [6, 6.07) is 19.8. The van der Waals surface area contributed by atoms with E-state index < -0.39 is 0 Å². The van der Waals surface area contributed by atoms with Gasteiger partial charge in [-0.05, 0) is 25.1 Å². The van der Waals surface area contributed by atoms with Crippen molar-refractivity contribution in [2.45, 2.75) is 6.92 Å². The van der Waals surface area contributed by atoms with E-state index in [1.54, 1.807) is 4.68 Å². The smallest absolute Gasteiger partial charge is 0.270 e. The summed E-state index contributed by atoms with van der Waals surface area (Å²) >= 11 is 0. The summed E-state index contributed by atoms with van der Waals surface area (Å²) in [5.74, 6) is -0.110. The monoisotopic (exact) mass is 349 g/mol. The van der Waals surface area contributed by atoms with Gasteiger partial charge in [-0.3, -0.25) is 4.79 Å². The molecule has 3 rings (SSSR count). The van der Waals surface area contributed by atoms with Crippen LogP contribution in [-0.2, 0) is 0 Å². The number of carbonyl (C=O) groups excluding carboxylic acids is 1. The Morgan fingerprint density at radius 3 is 2.42 bits per heavy atom. The average Bonchev–Trinajstić information content (AvgIpc) is 3.08. The third-order valence-corrected chi connectivity index (χ3v) is 4.20. The summed E-state index contributed by atoms with van der Waals surface area (Å²) < 4.78 is 1.72. The molecule has 5 nitrogen and oxygen atoms in total. The fourth-order valence-electron chi connectivity index (χ4n) is 2.69. The molecule has 26 heavy (non-hydrogen) atoms. The number of quaternary nitrogens is 1. The number of aryl methyl sites for hydroxylation is 1. The molecule has 2 aromatic carbocycles. The summed E-state index contributed by atoms with van der Waals surface area (Å²) in [4.78, 5) is 14.0. The molecular formula is C21H25N4O+. The molecule has 2 N–H and O–H groups in total. The van der Waals surface area contributed by atoms with Crippen LogP contribution in [0.4, 0.5) is 0 Å². The van der Waals surface area contributed by atoms with Gasteiger partial charge < -0.3 is 10.2 Å². The summed E-state index contributed by atoms with van der Waals surface area (Å²) in [6.45, 7) is 3.54. The van der Waals surface area contributed by atoms with E-state index >= 15 is 0 Å². The first-order valence-corrected chi connectivity index (χ1v) is 8.84. The topological polar surface area (TPSA) is 51.4 Å². The highest BCUT2D eigenvalue weighted by atomic mass is 16.2. The minimum absolute atomic E-state index is 0.110. The second-order valence-electron chi connectivity index (χ2n) is 6.74. The van der Waals surface area contributed by atoms with Gasteiger partial charge in [0.25, 0.3) is 5.91 Å². The van der Waals surface area contributed by atoms with Crippen molar-refractivity contribution in [1.82, 2.24) is 15.1 Å². The van der Waals surface area contributed by atoms with Gasteiger partial charge in [-0.25, -0.2) is 4.68 Å². The number of hydrogen-bond donors (Lipinski definition) is 2. The van der Waals surface area contributed by atoms with Crippen LogP contribution in [0, 0.1) is 6.92 Å². The largest absolute Gasteiger partial charge is 0.345 e. The van der Waals surface area contributed by atoms with Crippen LogP contribution in [-0.4, -0.2) is 42.9 Å². The molecule has 0 unspecified atom stereocenters. The lowest BCUT2D eigenvalue weighted by atomic mass is 10.1. The van der Waals surface area contributed by atoms with Gasteiger partial charge in [-0.15, -0.1) is 0 Å². The van der Waals surface area contributed by atoms with E-state index in [1.165, 1.54) is 10.5 Å². The number of amides is 1. The maximum absolute atomic E-state index is 12.8. The molecule has 1 aromatic heterocycles. The highest BCUT2D eigenvalue weighted by molar-refractivity contribution is 5.94. The van der Waals surface area contributed by atoms with Crippen molar-refractivity contribution in [3.8, 4) is 16.9 Å². The van der Waals surface area contributed by atoms with E-state index in [0.29, 0.717) is 12.2 Å². The lowest BCUT2D eigenvalue weighted by Gasteiger charge is -2.10. The Balaban J connectivity index is 1.96. The summed E-state index contributed by atoms with van der Waals surface area (Å²) in [5.41, 5.74) is 4.37. The van der Waals surface area contributed by atoms with Crippen molar-refractivity contribution in [2.75, 3.05) is 27.2 Å². The summed E-state index contributed by atoms with van der Waals surface area (Å²) in [6.07, 6.45) is 0. The van der Waals surface area contributed by atoms with Crippen molar-refractivity contribution in [3.05, 3.63) is 71.9 Å². The molecule has 0 aliphatic carbocycles. The predicted octanol–water partition coefficient (Wildman–Crippen LogP) is 1.72. The van der Waals surface area contributed by atoms with Crippen LogP contribution in [0.3, 0.4) is 0 Å². The lowest BCUT2D eigenvalue weighted by Crippen LogP contribution is -3.06. The van der Waals surface area contributed by atoms with Crippen LogP contribution < -0.4 is 10.2 Å². The van der Waals surface area contributed by atoms with Crippen molar-refractivity contribution in [2.24, 2.45) is 0 Å². The number of nitrogens with zero attached hydrogens (tertiary/aromatic N) is 2. The zero-order valence-electron chi connectivity index (χ0n) is 15.5. The molecular weight excluding hydrogens is 324 g/mol. The molecule has 3 aromatic rings. The quantitative estimate of drug-likeness (QED) is 0.712. The standard InChI is InChI=1S/C21H24N4O/c1-16-9-11-18(12-10-16)25-20(21(26)22-13-14-24(2)3)15-19(23-25)17-7-5-4-6-8-17/h4-12,15H,13-14H2,1-3H3,(H,22,26)/p+1. The minimum Gasteiger partial charge on any atom is -0.345 e. The maximum atomic E-state index is 12.8. The number of aromatic nitrogens is 2. The van der Waals surface area contributed by atoms with Gasteiger partial charge in [0.15, 0.2) is 0 Å². The molecule has 0 aliphatic rings. The molecule has 0 saturated carbocycles. The van der Waals surface area contributed by atoms with Gasteiger partial charge in [-0.1, -0.05) is 48.0 Å². The van der Waals surface area contributed by atoms with Gasteiger partial charge in [0, 0.05) is 5.56 Å². The van der Waals surface area contributed by atoms with Crippen LogP contribution in [0.1, 0.15) is 16.1 Å². The average molecular weight is 349 g/mol. The number of nitrogens with one attached hydrogen (secondary N) is 2.